The number of carbonyl (C=O) groups excluding carboxylic acids is 1. The monoisotopic (exact) mass is 353 g/mol. The van der Waals surface area contributed by atoms with Crippen LogP contribution in [0.4, 0.5) is 16.2 Å². The Morgan fingerprint density at radius 1 is 1.12 bits per heavy atom. The Labute approximate surface area is 153 Å². The molecule has 0 radical (unpaired) electrons. The molecule has 25 heavy (non-hydrogen) atoms. The van der Waals surface area contributed by atoms with E-state index in [1.165, 1.54) is 0 Å². The Hall–Kier alpha value is -2.27. The van der Waals surface area contributed by atoms with E-state index in [9.17, 15) is 4.79 Å². The van der Waals surface area contributed by atoms with Crippen LogP contribution in [0.3, 0.4) is 0 Å². The zero-order chi connectivity index (χ0) is 17.8. The summed E-state index contributed by atoms with van der Waals surface area (Å²) in [5.74, 6) is 0.972. The van der Waals surface area contributed by atoms with Gasteiger partial charge in [-0.05, 0) is 50.5 Å². The van der Waals surface area contributed by atoms with Gasteiger partial charge in [-0.15, -0.1) is 0 Å². The van der Waals surface area contributed by atoms with Crippen molar-refractivity contribution in [2.45, 2.75) is 33.2 Å². The van der Waals surface area contributed by atoms with Crippen LogP contribution in [0, 0.1) is 13.8 Å². The molecule has 5 heteroatoms. The van der Waals surface area contributed by atoms with Crippen molar-refractivity contribution in [1.29, 1.82) is 0 Å². The van der Waals surface area contributed by atoms with Crippen molar-refractivity contribution in [3.63, 3.8) is 0 Å². The molecule has 2 aromatic rings. The highest BCUT2D eigenvalue weighted by Gasteiger charge is 2.30. The van der Waals surface area contributed by atoms with Gasteiger partial charge in [-0.1, -0.05) is 48.2 Å². The lowest BCUT2D eigenvalue weighted by Gasteiger charge is -2.34. The highest BCUT2D eigenvalue weighted by Crippen LogP contribution is 2.28. The summed E-state index contributed by atoms with van der Waals surface area (Å²) in [7, 11) is 0. The molecule has 0 saturated carbocycles. The maximum absolute atomic E-state index is 13.0. The van der Waals surface area contributed by atoms with Crippen molar-refractivity contribution < 1.29 is 4.79 Å². The van der Waals surface area contributed by atoms with Crippen molar-refractivity contribution >= 4 is 34.3 Å². The number of benzene rings is 2. The van der Waals surface area contributed by atoms with Crippen LogP contribution in [-0.4, -0.2) is 27.9 Å². The molecule has 2 amide bonds. The number of amides is 2. The predicted octanol–water partition coefficient (Wildman–Crippen LogP) is 5.35. The van der Waals surface area contributed by atoms with Crippen LogP contribution in [0.1, 0.15) is 24.5 Å². The van der Waals surface area contributed by atoms with Gasteiger partial charge < -0.3 is 5.32 Å². The molecule has 1 saturated heterocycles. The average Bonchev–Trinajstić information content (AvgIpc) is 2.59. The molecule has 1 aliphatic rings. The number of nitrogens with one attached hydrogen (secondary N) is 1. The molecule has 3 rings (SSSR count). The molecule has 4 nitrogen and oxygen atoms in total. The summed E-state index contributed by atoms with van der Waals surface area (Å²) in [5.41, 5.74) is 3.87. The molecule has 0 spiro atoms. The molecule has 1 heterocycles. The van der Waals surface area contributed by atoms with Gasteiger partial charge >= 0.3 is 6.03 Å². The molecule has 130 valence electrons. The Kier molecular flexibility index (Phi) is 5.43. The number of aryl methyl sites for hydroxylation is 2. The third-order valence-corrected chi connectivity index (χ3v) is 5.31. The number of hydrogen-bond donors (Lipinski definition) is 1. The molecule has 1 unspecified atom stereocenters. The van der Waals surface area contributed by atoms with Crippen LogP contribution in [-0.2, 0) is 0 Å². The zero-order valence-electron chi connectivity index (χ0n) is 14.8. The molecule has 0 aliphatic carbocycles. The standard InChI is InChI=1S/C20H23N3OS/c1-14-8-7-9-15(2)18(14)22-19(24)23-16(3)12-13-25-20(23)21-17-10-5-4-6-11-17/h4-11,16H,12-13H2,1-3H3,(H,22,24). The van der Waals surface area contributed by atoms with Crippen LogP contribution >= 0.6 is 11.8 Å². The van der Waals surface area contributed by atoms with Crippen molar-refractivity contribution in [3.05, 3.63) is 59.7 Å². The fourth-order valence-corrected chi connectivity index (χ4v) is 4.09. The van der Waals surface area contributed by atoms with Crippen LogP contribution in [0.2, 0.25) is 0 Å². The van der Waals surface area contributed by atoms with Gasteiger partial charge in [0, 0.05) is 17.5 Å². The van der Waals surface area contributed by atoms with Gasteiger partial charge in [-0.2, -0.15) is 0 Å². The summed E-state index contributed by atoms with van der Waals surface area (Å²) >= 11 is 1.63. The molecule has 1 fully saturated rings. The number of hydrogen-bond acceptors (Lipinski definition) is 3. The van der Waals surface area contributed by atoms with Crippen molar-refractivity contribution in [3.8, 4) is 0 Å². The van der Waals surface area contributed by atoms with E-state index in [1.807, 2.05) is 62.4 Å². The maximum atomic E-state index is 13.0. The first-order valence-electron chi connectivity index (χ1n) is 8.49. The molecule has 2 aromatic carbocycles. The maximum Gasteiger partial charge on any atom is 0.328 e. The number of nitrogens with zero attached hydrogens (tertiary/aromatic N) is 2. The van der Waals surface area contributed by atoms with E-state index in [2.05, 4.69) is 12.2 Å². The van der Waals surface area contributed by atoms with Crippen LogP contribution in [0.5, 0.6) is 0 Å². The number of anilines is 1. The van der Waals surface area contributed by atoms with Gasteiger partial charge in [0.25, 0.3) is 0 Å². The van der Waals surface area contributed by atoms with Gasteiger partial charge in [0.15, 0.2) is 5.17 Å². The highest BCUT2D eigenvalue weighted by atomic mass is 32.2. The minimum atomic E-state index is -0.119. The van der Waals surface area contributed by atoms with E-state index in [-0.39, 0.29) is 12.1 Å². The lowest BCUT2D eigenvalue weighted by atomic mass is 10.1. The van der Waals surface area contributed by atoms with Crippen molar-refractivity contribution in [1.82, 2.24) is 4.90 Å². The number of aliphatic imine (C=N–C) groups is 1. The lowest BCUT2D eigenvalue weighted by molar-refractivity contribution is 0.223. The van der Waals surface area contributed by atoms with Crippen LogP contribution in [0.25, 0.3) is 0 Å². The normalized spacial score (nSPS) is 19.1. The Balaban J connectivity index is 1.88. The molecular weight excluding hydrogens is 330 g/mol. The predicted molar refractivity (Wildman–Crippen MR) is 107 cm³/mol. The number of thioether (sulfide) groups is 1. The summed E-state index contributed by atoms with van der Waals surface area (Å²) in [5, 5.41) is 3.85. The van der Waals surface area contributed by atoms with Gasteiger partial charge in [0.05, 0.1) is 5.69 Å². The third-order valence-electron chi connectivity index (χ3n) is 4.33. The van der Waals surface area contributed by atoms with Crippen LogP contribution < -0.4 is 5.32 Å². The Morgan fingerprint density at radius 3 is 2.48 bits per heavy atom. The Morgan fingerprint density at radius 2 is 1.80 bits per heavy atom. The quantitative estimate of drug-likeness (QED) is 0.791. The van der Waals surface area contributed by atoms with Crippen molar-refractivity contribution in [2.75, 3.05) is 11.1 Å². The minimum Gasteiger partial charge on any atom is -0.307 e. The second kappa shape index (κ2) is 7.74. The second-order valence-electron chi connectivity index (χ2n) is 6.28. The summed E-state index contributed by atoms with van der Waals surface area (Å²) in [6.45, 7) is 6.09. The Bertz CT molecular complexity index is 769. The number of para-hydroxylation sites is 2. The number of amidine groups is 1. The SMILES string of the molecule is Cc1cccc(C)c1NC(=O)N1C(=Nc2ccccc2)SCCC1C. The number of carbonyl (C=O) groups is 1. The molecule has 0 bridgehead atoms. The second-order valence-corrected chi connectivity index (χ2v) is 7.35. The first-order chi connectivity index (χ1) is 12.1. The van der Waals surface area contributed by atoms with Crippen molar-refractivity contribution in [2.24, 2.45) is 4.99 Å². The van der Waals surface area contributed by atoms with Gasteiger partial charge in [0.2, 0.25) is 0 Å². The first kappa shape index (κ1) is 17.5. The number of urea groups is 1. The summed E-state index contributed by atoms with van der Waals surface area (Å²) < 4.78 is 0. The fourth-order valence-electron chi connectivity index (χ4n) is 2.87. The van der Waals surface area contributed by atoms with E-state index in [1.54, 1.807) is 16.7 Å². The van der Waals surface area contributed by atoms with Gasteiger partial charge in [0.1, 0.15) is 0 Å². The van der Waals surface area contributed by atoms with Crippen LogP contribution in [0.15, 0.2) is 53.5 Å². The van der Waals surface area contributed by atoms with E-state index >= 15 is 0 Å². The first-order valence-corrected chi connectivity index (χ1v) is 9.48. The minimum absolute atomic E-state index is 0.119. The summed E-state index contributed by atoms with van der Waals surface area (Å²) in [6.07, 6.45) is 0.957. The van der Waals surface area contributed by atoms with Gasteiger partial charge in [-0.3, -0.25) is 4.90 Å². The number of rotatable bonds is 2. The topological polar surface area (TPSA) is 44.7 Å². The lowest BCUT2D eigenvalue weighted by Crippen LogP contribution is -2.47. The molecule has 1 N–H and O–H groups in total. The molecule has 1 aliphatic heterocycles. The fraction of sp³-hybridized carbons (Fsp3) is 0.300. The summed E-state index contributed by atoms with van der Waals surface area (Å²) in [6, 6.07) is 15.8. The zero-order valence-corrected chi connectivity index (χ0v) is 15.6. The average molecular weight is 353 g/mol. The molecular formula is C20H23N3OS. The third kappa shape index (κ3) is 4.04. The molecule has 1 atom stereocenters. The van der Waals surface area contributed by atoms with Gasteiger partial charge in [-0.25, -0.2) is 9.79 Å². The molecule has 0 aromatic heterocycles. The summed E-state index contributed by atoms with van der Waals surface area (Å²) in [4.78, 5) is 19.5. The van der Waals surface area contributed by atoms with E-state index in [4.69, 9.17) is 4.99 Å². The van der Waals surface area contributed by atoms with E-state index < -0.39 is 0 Å². The highest BCUT2D eigenvalue weighted by molar-refractivity contribution is 8.13. The van der Waals surface area contributed by atoms with E-state index in [0.717, 1.165) is 39.8 Å². The van der Waals surface area contributed by atoms with E-state index in [0.29, 0.717) is 0 Å². The largest absolute Gasteiger partial charge is 0.328 e. The smallest absolute Gasteiger partial charge is 0.307 e.